The van der Waals surface area contributed by atoms with E-state index >= 15 is 0 Å². The topological polar surface area (TPSA) is 35.2 Å². The quantitative estimate of drug-likeness (QED) is 0.877. The molecule has 3 rings (SSSR count). The molecule has 0 saturated heterocycles. The van der Waals surface area contributed by atoms with Crippen molar-refractivity contribution in [1.82, 2.24) is 0 Å². The third-order valence-electron chi connectivity index (χ3n) is 4.15. The Morgan fingerprint density at radius 1 is 1.47 bits per heavy atom. The summed E-state index contributed by atoms with van der Waals surface area (Å²) in [6.07, 6.45) is 3.51. The van der Waals surface area contributed by atoms with Crippen LogP contribution in [0.3, 0.4) is 0 Å². The average Bonchev–Trinajstić information content (AvgIpc) is 2.96. The molecule has 2 unspecified atom stereocenters. The minimum atomic E-state index is 0.110. The summed E-state index contributed by atoms with van der Waals surface area (Å²) in [4.78, 5) is 0. The zero-order valence-electron chi connectivity index (χ0n) is 10.3. The van der Waals surface area contributed by atoms with Crippen LogP contribution in [0.5, 0.6) is 5.75 Å². The van der Waals surface area contributed by atoms with E-state index in [1.165, 1.54) is 11.1 Å². The SMILES string of the molecule is CC1Cc2cc(Cl)cc(C3(C(C)N)CC3)c2O1. The van der Waals surface area contributed by atoms with Gasteiger partial charge in [0.15, 0.2) is 0 Å². The van der Waals surface area contributed by atoms with E-state index in [1.807, 2.05) is 6.07 Å². The van der Waals surface area contributed by atoms with Gasteiger partial charge in [0.25, 0.3) is 0 Å². The molecule has 0 spiro atoms. The first-order valence-electron chi connectivity index (χ1n) is 6.28. The molecular weight excluding hydrogens is 234 g/mol. The van der Waals surface area contributed by atoms with E-state index in [-0.39, 0.29) is 17.6 Å². The third-order valence-corrected chi connectivity index (χ3v) is 4.37. The van der Waals surface area contributed by atoms with Crippen LogP contribution in [-0.4, -0.2) is 12.1 Å². The van der Waals surface area contributed by atoms with Crippen molar-refractivity contribution in [2.75, 3.05) is 0 Å². The Labute approximate surface area is 107 Å². The molecular formula is C14H18ClNO. The lowest BCUT2D eigenvalue weighted by molar-refractivity contribution is 0.250. The predicted octanol–water partition coefficient (Wildman–Crippen LogP) is 3.04. The molecule has 0 amide bonds. The second-order valence-electron chi connectivity index (χ2n) is 5.52. The smallest absolute Gasteiger partial charge is 0.126 e. The first kappa shape index (κ1) is 11.4. The van der Waals surface area contributed by atoms with Gasteiger partial charge in [0, 0.05) is 28.5 Å². The van der Waals surface area contributed by atoms with Crippen molar-refractivity contribution < 1.29 is 4.74 Å². The van der Waals surface area contributed by atoms with E-state index in [1.54, 1.807) is 0 Å². The van der Waals surface area contributed by atoms with Crippen LogP contribution in [0.2, 0.25) is 5.02 Å². The highest BCUT2D eigenvalue weighted by Crippen LogP contribution is 2.55. The van der Waals surface area contributed by atoms with Gasteiger partial charge in [-0.1, -0.05) is 11.6 Å². The summed E-state index contributed by atoms with van der Waals surface area (Å²) in [7, 11) is 0. The van der Waals surface area contributed by atoms with Crippen molar-refractivity contribution in [1.29, 1.82) is 0 Å². The molecule has 2 atom stereocenters. The maximum absolute atomic E-state index is 6.22. The first-order valence-corrected chi connectivity index (χ1v) is 6.66. The zero-order chi connectivity index (χ0) is 12.2. The summed E-state index contributed by atoms with van der Waals surface area (Å²) in [5.41, 5.74) is 8.73. The molecule has 0 radical (unpaired) electrons. The zero-order valence-corrected chi connectivity index (χ0v) is 11.1. The van der Waals surface area contributed by atoms with Gasteiger partial charge in [-0.05, 0) is 44.4 Å². The molecule has 1 saturated carbocycles. The summed E-state index contributed by atoms with van der Waals surface area (Å²) in [5, 5.41) is 0.809. The van der Waals surface area contributed by atoms with Crippen molar-refractivity contribution in [2.24, 2.45) is 5.73 Å². The number of rotatable bonds is 2. The summed E-state index contributed by atoms with van der Waals surface area (Å²) in [6, 6.07) is 4.24. The van der Waals surface area contributed by atoms with Crippen LogP contribution < -0.4 is 10.5 Å². The third kappa shape index (κ3) is 1.66. The van der Waals surface area contributed by atoms with E-state index in [4.69, 9.17) is 22.1 Å². The largest absolute Gasteiger partial charge is 0.490 e. The van der Waals surface area contributed by atoms with Gasteiger partial charge < -0.3 is 10.5 Å². The Balaban J connectivity index is 2.12. The summed E-state index contributed by atoms with van der Waals surface area (Å²) >= 11 is 6.22. The Kier molecular flexibility index (Phi) is 2.43. The standard InChI is InChI=1S/C14H18ClNO/c1-8-5-10-6-11(15)7-12(13(10)17-8)14(3-4-14)9(2)16/h6-9H,3-5,16H2,1-2H3. The fourth-order valence-corrected chi connectivity index (χ4v) is 3.21. The van der Waals surface area contributed by atoms with Crippen LogP contribution in [0, 0.1) is 0 Å². The number of benzene rings is 1. The van der Waals surface area contributed by atoms with Gasteiger partial charge in [0.05, 0.1) is 0 Å². The molecule has 1 aliphatic heterocycles. The summed E-state index contributed by atoms with van der Waals surface area (Å²) < 4.78 is 5.96. The molecule has 17 heavy (non-hydrogen) atoms. The van der Waals surface area contributed by atoms with Gasteiger partial charge in [-0.3, -0.25) is 0 Å². The van der Waals surface area contributed by atoms with Crippen LogP contribution in [0.1, 0.15) is 37.8 Å². The van der Waals surface area contributed by atoms with Crippen molar-refractivity contribution in [3.8, 4) is 5.75 Å². The van der Waals surface area contributed by atoms with Crippen LogP contribution >= 0.6 is 11.6 Å². The summed E-state index contributed by atoms with van der Waals surface area (Å²) in [5.74, 6) is 1.05. The van der Waals surface area contributed by atoms with Gasteiger partial charge in [0.1, 0.15) is 11.9 Å². The van der Waals surface area contributed by atoms with E-state index in [0.717, 1.165) is 30.0 Å². The molecule has 1 aromatic carbocycles. The maximum Gasteiger partial charge on any atom is 0.126 e. The highest BCUT2D eigenvalue weighted by atomic mass is 35.5. The molecule has 2 N–H and O–H groups in total. The monoisotopic (exact) mass is 251 g/mol. The van der Waals surface area contributed by atoms with E-state index in [0.29, 0.717) is 0 Å². The Hall–Kier alpha value is -0.730. The minimum Gasteiger partial charge on any atom is -0.490 e. The van der Waals surface area contributed by atoms with Crippen LogP contribution in [0.15, 0.2) is 12.1 Å². The number of fused-ring (bicyclic) bond motifs is 1. The number of nitrogens with two attached hydrogens (primary N) is 1. The van der Waals surface area contributed by atoms with Crippen molar-refractivity contribution in [3.63, 3.8) is 0 Å². The van der Waals surface area contributed by atoms with Crippen molar-refractivity contribution >= 4 is 11.6 Å². The Bertz CT molecular complexity index is 466. The molecule has 2 nitrogen and oxygen atoms in total. The Morgan fingerprint density at radius 2 is 2.18 bits per heavy atom. The molecule has 0 aromatic heterocycles. The van der Waals surface area contributed by atoms with Gasteiger partial charge in [-0.25, -0.2) is 0 Å². The maximum atomic E-state index is 6.22. The lowest BCUT2D eigenvalue weighted by Gasteiger charge is -2.23. The first-order chi connectivity index (χ1) is 8.03. The average molecular weight is 252 g/mol. The number of hydrogen-bond donors (Lipinski definition) is 1. The molecule has 1 heterocycles. The minimum absolute atomic E-state index is 0.110. The van der Waals surface area contributed by atoms with E-state index in [9.17, 15) is 0 Å². The molecule has 2 aliphatic rings. The summed E-state index contributed by atoms with van der Waals surface area (Å²) in [6.45, 7) is 4.18. The van der Waals surface area contributed by atoms with Crippen molar-refractivity contribution in [3.05, 3.63) is 28.3 Å². The lowest BCUT2D eigenvalue weighted by Crippen LogP contribution is -2.32. The van der Waals surface area contributed by atoms with Crippen LogP contribution in [0.4, 0.5) is 0 Å². The normalized spacial score (nSPS) is 26.2. The van der Waals surface area contributed by atoms with Crippen LogP contribution in [0.25, 0.3) is 0 Å². The molecule has 0 bridgehead atoms. The molecule has 3 heteroatoms. The predicted molar refractivity (Wildman–Crippen MR) is 69.8 cm³/mol. The fourth-order valence-electron chi connectivity index (χ4n) is 2.97. The molecule has 1 fully saturated rings. The molecule has 1 aliphatic carbocycles. The number of hydrogen-bond acceptors (Lipinski definition) is 2. The van der Waals surface area contributed by atoms with Crippen LogP contribution in [-0.2, 0) is 11.8 Å². The van der Waals surface area contributed by atoms with Crippen molar-refractivity contribution in [2.45, 2.75) is 50.7 Å². The number of halogens is 1. The Morgan fingerprint density at radius 3 is 2.76 bits per heavy atom. The molecule has 92 valence electrons. The van der Waals surface area contributed by atoms with Gasteiger partial charge in [0.2, 0.25) is 0 Å². The number of ether oxygens (including phenoxy) is 1. The van der Waals surface area contributed by atoms with Gasteiger partial charge in [-0.15, -0.1) is 0 Å². The fraction of sp³-hybridized carbons (Fsp3) is 0.571. The molecule has 1 aromatic rings. The lowest BCUT2D eigenvalue weighted by atomic mass is 9.87. The highest BCUT2D eigenvalue weighted by Gasteiger charge is 2.50. The highest BCUT2D eigenvalue weighted by molar-refractivity contribution is 6.30. The second-order valence-corrected chi connectivity index (χ2v) is 5.96. The van der Waals surface area contributed by atoms with E-state index in [2.05, 4.69) is 19.9 Å². The van der Waals surface area contributed by atoms with E-state index < -0.39 is 0 Å². The van der Waals surface area contributed by atoms with Gasteiger partial charge in [-0.2, -0.15) is 0 Å². The second kappa shape index (κ2) is 3.63. The van der Waals surface area contributed by atoms with Gasteiger partial charge >= 0.3 is 0 Å².